The Morgan fingerprint density at radius 2 is 1.45 bits per heavy atom. The molecule has 0 aromatic heterocycles. The summed E-state index contributed by atoms with van der Waals surface area (Å²) in [5.74, 6) is 1.44. The van der Waals surface area contributed by atoms with Gasteiger partial charge in [-0.25, -0.2) is 0 Å². The van der Waals surface area contributed by atoms with Gasteiger partial charge in [0.1, 0.15) is 17.1 Å². The molecule has 172 valence electrons. The topological polar surface area (TPSA) is 29.5 Å². The van der Waals surface area contributed by atoms with Crippen LogP contribution in [0, 0.1) is 20.8 Å². The Morgan fingerprint density at radius 3 is 2.06 bits per heavy atom. The zero-order valence-electron chi connectivity index (χ0n) is 21.2. The van der Waals surface area contributed by atoms with Crippen LogP contribution >= 0.6 is 0 Å². The summed E-state index contributed by atoms with van der Waals surface area (Å²) in [4.78, 5) is 0. The molecule has 1 atom stereocenters. The molecule has 1 heterocycles. The minimum absolute atomic E-state index is 0.133. The fraction of sp³-hybridized carbons (Fsp3) is 0.586. The summed E-state index contributed by atoms with van der Waals surface area (Å²) in [6.07, 6.45) is 15.8. The summed E-state index contributed by atoms with van der Waals surface area (Å²) in [6.45, 7) is 17.1. The molecule has 1 aliphatic heterocycles. The molecule has 0 saturated heterocycles. The highest BCUT2D eigenvalue weighted by molar-refractivity contribution is 5.58. The number of benzene rings is 1. The van der Waals surface area contributed by atoms with Crippen molar-refractivity contribution >= 4 is 0 Å². The summed E-state index contributed by atoms with van der Waals surface area (Å²) in [6, 6.07) is 0. The number of phenolic OH excluding ortho intramolecular Hbond substituents is 1. The number of fused-ring (bicyclic) bond motifs is 1. The van der Waals surface area contributed by atoms with Gasteiger partial charge >= 0.3 is 0 Å². The number of allylic oxidation sites excluding steroid dienone is 6. The van der Waals surface area contributed by atoms with E-state index in [4.69, 9.17) is 4.74 Å². The zero-order valence-corrected chi connectivity index (χ0v) is 21.2. The Kier molecular flexibility index (Phi) is 9.03. The number of ether oxygens (including phenoxy) is 1. The van der Waals surface area contributed by atoms with E-state index in [1.54, 1.807) is 0 Å². The van der Waals surface area contributed by atoms with E-state index in [0.717, 1.165) is 67.4 Å². The standard InChI is InChI=1S/C29H44O2/c1-20(2)12-9-13-21(3)14-10-15-22(4)16-11-18-29(8)19-17-26-25(7)27(30)23(5)24(6)28(26)31-29/h12,14,16,30H,9-11,13,15,17-19H2,1-8H3/b21-14+,22-16-/t29-/m1/s1. The van der Waals surface area contributed by atoms with Crippen molar-refractivity contribution in [2.75, 3.05) is 0 Å². The van der Waals surface area contributed by atoms with Gasteiger partial charge in [0.25, 0.3) is 0 Å². The van der Waals surface area contributed by atoms with Crippen LogP contribution in [0.15, 0.2) is 34.9 Å². The van der Waals surface area contributed by atoms with Crippen molar-refractivity contribution in [1.82, 2.24) is 0 Å². The molecule has 1 N–H and O–H groups in total. The van der Waals surface area contributed by atoms with Gasteiger partial charge in [-0.2, -0.15) is 0 Å². The SMILES string of the molecule is CC(C)=CCC/C(C)=C/CC/C(C)=C\CC[C@]1(C)CCc2c(C)c(O)c(C)c(C)c2O1. The number of hydrogen-bond donors (Lipinski definition) is 1. The largest absolute Gasteiger partial charge is 0.507 e. The number of hydrogen-bond acceptors (Lipinski definition) is 2. The highest BCUT2D eigenvalue weighted by Crippen LogP contribution is 2.44. The molecule has 0 bridgehead atoms. The Labute approximate surface area is 191 Å². The van der Waals surface area contributed by atoms with E-state index in [9.17, 15) is 5.11 Å². The lowest BCUT2D eigenvalue weighted by atomic mass is 9.85. The predicted molar refractivity (Wildman–Crippen MR) is 134 cm³/mol. The Bertz CT molecular complexity index is 865. The molecule has 2 rings (SSSR count). The second kappa shape index (κ2) is 11.1. The fourth-order valence-electron chi connectivity index (χ4n) is 4.43. The van der Waals surface area contributed by atoms with Gasteiger partial charge in [0.15, 0.2) is 0 Å². The van der Waals surface area contributed by atoms with Crippen LogP contribution in [0.1, 0.15) is 102 Å². The summed E-state index contributed by atoms with van der Waals surface area (Å²) in [5, 5.41) is 10.4. The Balaban J connectivity index is 1.88. The van der Waals surface area contributed by atoms with Gasteiger partial charge in [-0.05, 0) is 123 Å². The van der Waals surface area contributed by atoms with Crippen molar-refractivity contribution in [2.45, 2.75) is 112 Å². The first kappa shape index (κ1) is 25.3. The average Bonchev–Trinajstić information content (AvgIpc) is 2.70. The molecule has 1 aromatic rings. The van der Waals surface area contributed by atoms with E-state index in [1.165, 1.54) is 28.7 Å². The first-order valence-corrected chi connectivity index (χ1v) is 12.0. The minimum atomic E-state index is -0.133. The smallest absolute Gasteiger partial charge is 0.127 e. The van der Waals surface area contributed by atoms with Gasteiger partial charge in [0.2, 0.25) is 0 Å². The third kappa shape index (κ3) is 7.02. The third-order valence-corrected chi connectivity index (χ3v) is 6.88. The molecule has 31 heavy (non-hydrogen) atoms. The highest BCUT2D eigenvalue weighted by atomic mass is 16.5. The van der Waals surface area contributed by atoms with Crippen LogP contribution in [0.3, 0.4) is 0 Å². The van der Waals surface area contributed by atoms with E-state index < -0.39 is 0 Å². The van der Waals surface area contributed by atoms with E-state index in [2.05, 4.69) is 59.8 Å². The summed E-state index contributed by atoms with van der Waals surface area (Å²) in [5.41, 5.74) is 8.45. The van der Waals surface area contributed by atoms with E-state index >= 15 is 0 Å². The van der Waals surface area contributed by atoms with Crippen LogP contribution in [-0.4, -0.2) is 10.7 Å². The minimum Gasteiger partial charge on any atom is -0.507 e. The molecule has 0 radical (unpaired) electrons. The van der Waals surface area contributed by atoms with Crippen molar-refractivity contribution < 1.29 is 9.84 Å². The third-order valence-electron chi connectivity index (χ3n) is 6.88. The van der Waals surface area contributed by atoms with Crippen LogP contribution in [0.2, 0.25) is 0 Å². The Hall–Kier alpha value is -1.96. The molecule has 0 unspecified atom stereocenters. The zero-order chi connectivity index (χ0) is 23.2. The summed E-state index contributed by atoms with van der Waals surface area (Å²) < 4.78 is 6.56. The predicted octanol–water partition coefficient (Wildman–Crippen LogP) is 8.60. The maximum absolute atomic E-state index is 10.4. The number of phenols is 1. The van der Waals surface area contributed by atoms with Crippen molar-refractivity contribution in [3.63, 3.8) is 0 Å². The molecular formula is C29H44O2. The number of rotatable bonds is 9. The fourth-order valence-corrected chi connectivity index (χ4v) is 4.43. The molecule has 0 saturated carbocycles. The van der Waals surface area contributed by atoms with Gasteiger partial charge in [0, 0.05) is 5.56 Å². The Morgan fingerprint density at radius 1 is 0.871 bits per heavy atom. The average molecular weight is 425 g/mol. The number of aromatic hydroxyl groups is 1. The molecule has 1 aliphatic rings. The van der Waals surface area contributed by atoms with E-state index in [0.29, 0.717) is 5.75 Å². The first-order chi connectivity index (χ1) is 14.5. The second-order valence-electron chi connectivity index (χ2n) is 10.1. The van der Waals surface area contributed by atoms with Crippen molar-refractivity contribution in [3.05, 3.63) is 57.2 Å². The van der Waals surface area contributed by atoms with E-state index in [-0.39, 0.29) is 5.60 Å². The maximum Gasteiger partial charge on any atom is 0.127 e. The molecule has 1 aromatic carbocycles. The van der Waals surface area contributed by atoms with E-state index in [1.807, 2.05) is 13.8 Å². The van der Waals surface area contributed by atoms with Gasteiger partial charge in [-0.3, -0.25) is 0 Å². The lowest BCUT2D eigenvalue weighted by Crippen LogP contribution is -2.37. The second-order valence-corrected chi connectivity index (χ2v) is 10.1. The van der Waals surface area contributed by atoms with Crippen LogP contribution in [0.5, 0.6) is 11.5 Å². The molecule has 0 amide bonds. The molecule has 0 spiro atoms. The lowest BCUT2D eigenvalue weighted by Gasteiger charge is -2.38. The van der Waals surface area contributed by atoms with Crippen LogP contribution in [0.25, 0.3) is 0 Å². The summed E-state index contributed by atoms with van der Waals surface area (Å²) >= 11 is 0. The lowest BCUT2D eigenvalue weighted by molar-refractivity contribution is 0.0558. The molecule has 0 aliphatic carbocycles. The van der Waals surface area contributed by atoms with Crippen LogP contribution in [0.4, 0.5) is 0 Å². The molecule has 2 heteroatoms. The van der Waals surface area contributed by atoms with Gasteiger partial charge in [-0.1, -0.05) is 34.9 Å². The molecular weight excluding hydrogens is 380 g/mol. The maximum atomic E-state index is 10.4. The normalized spacial score (nSPS) is 19.1. The summed E-state index contributed by atoms with van der Waals surface area (Å²) in [7, 11) is 0. The first-order valence-electron chi connectivity index (χ1n) is 12.0. The molecule has 2 nitrogen and oxygen atoms in total. The van der Waals surface area contributed by atoms with Crippen molar-refractivity contribution in [1.29, 1.82) is 0 Å². The molecule has 0 fully saturated rings. The highest BCUT2D eigenvalue weighted by Gasteiger charge is 2.33. The quantitative estimate of drug-likeness (QED) is 0.402. The van der Waals surface area contributed by atoms with Gasteiger partial charge < -0.3 is 9.84 Å². The van der Waals surface area contributed by atoms with Crippen LogP contribution < -0.4 is 4.74 Å². The van der Waals surface area contributed by atoms with Crippen LogP contribution in [-0.2, 0) is 6.42 Å². The van der Waals surface area contributed by atoms with Crippen molar-refractivity contribution in [3.8, 4) is 11.5 Å². The van der Waals surface area contributed by atoms with Gasteiger partial charge in [-0.15, -0.1) is 0 Å². The monoisotopic (exact) mass is 424 g/mol. The van der Waals surface area contributed by atoms with Gasteiger partial charge in [0.05, 0.1) is 0 Å². The van der Waals surface area contributed by atoms with Crippen molar-refractivity contribution in [2.24, 2.45) is 0 Å².